The van der Waals surface area contributed by atoms with Crippen molar-refractivity contribution < 1.29 is 4.79 Å². The summed E-state index contributed by atoms with van der Waals surface area (Å²) in [5.41, 5.74) is 2.16. The number of hydrogen-bond acceptors (Lipinski definition) is 4. The Hall–Kier alpha value is -2.73. The summed E-state index contributed by atoms with van der Waals surface area (Å²) in [6, 6.07) is 8.89. The maximum Gasteiger partial charge on any atom is 0.239 e. The monoisotopic (exact) mass is 345 g/mol. The number of aromatic nitrogens is 3. The van der Waals surface area contributed by atoms with Gasteiger partial charge < -0.3 is 9.88 Å². The standard InChI is InChI=1S/C20H19N5O/c1-24-10-21-7-15(24)11-2-3-12-6-22-16(5-13(12)4-11)23-17(26)9-25-8-14-18-19(14)20(18)25/h2-7,10,14,18-20H,8-9H2,1H3,(H,22,23,26). The molecule has 4 aliphatic rings. The third-order valence-electron chi connectivity index (χ3n) is 6.26. The number of anilines is 1. The van der Waals surface area contributed by atoms with Gasteiger partial charge in [-0.3, -0.25) is 9.69 Å². The first kappa shape index (κ1) is 14.4. The van der Waals surface area contributed by atoms with Crippen molar-refractivity contribution >= 4 is 22.5 Å². The van der Waals surface area contributed by atoms with E-state index in [-0.39, 0.29) is 5.91 Å². The Morgan fingerprint density at radius 1 is 1.23 bits per heavy atom. The highest BCUT2D eigenvalue weighted by atomic mass is 16.2. The van der Waals surface area contributed by atoms with Crippen molar-refractivity contribution in [3.63, 3.8) is 0 Å². The highest BCUT2D eigenvalue weighted by Gasteiger charge is 2.80. The number of carbonyl (C=O) groups is 1. The fourth-order valence-electron chi connectivity index (χ4n) is 4.79. The van der Waals surface area contributed by atoms with E-state index in [0.29, 0.717) is 18.4 Å². The van der Waals surface area contributed by atoms with E-state index in [9.17, 15) is 4.79 Å². The number of benzene rings is 1. The Morgan fingerprint density at radius 2 is 2.12 bits per heavy atom. The lowest BCUT2D eigenvalue weighted by Crippen LogP contribution is -2.32. The van der Waals surface area contributed by atoms with E-state index in [4.69, 9.17) is 0 Å². The number of amides is 1. The second-order valence-corrected chi connectivity index (χ2v) is 7.81. The smallest absolute Gasteiger partial charge is 0.239 e. The molecule has 0 spiro atoms. The molecule has 7 rings (SSSR count). The van der Waals surface area contributed by atoms with Gasteiger partial charge in [0, 0.05) is 36.8 Å². The third-order valence-corrected chi connectivity index (χ3v) is 6.26. The molecular weight excluding hydrogens is 326 g/mol. The molecule has 3 aromatic rings. The van der Waals surface area contributed by atoms with E-state index in [1.165, 1.54) is 0 Å². The van der Waals surface area contributed by atoms with Gasteiger partial charge in [-0.2, -0.15) is 0 Å². The molecule has 2 unspecified atom stereocenters. The molecule has 2 aliphatic heterocycles. The fourth-order valence-corrected chi connectivity index (χ4v) is 4.79. The number of piperidine rings is 1. The van der Waals surface area contributed by atoms with E-state index in [1.54, 1.807) is 6.33 Å². The molecule has 2 aliphatic carbocycles. The van der Waals surface area contributed by atoms with Crippen molar-refractivity contribution in [2.75, 3.05) is 18.4 Å². The molecule has 4 fully saturated rings. The summed E-state index contributed by atoms with van der Waals surface area (Å²) in [5, 5.41) is 5.08. The van der Waals surface area contributed by atoms with Crippen LogP contribution in [0.5, 0.6) is 0 Å². The maximum atomic E-state index is 12.4. The Balaban J connectivity index is 1.23. The molecule has 6 heteroatoms. The van der Waals surface area contributed by atoms with Crippen LogP contribution in [0.4, 0.5) is 5.82 Å². The van der Waals surface area contributed by atoms with E-state index in [0.717, 1.165) is 46.3 Å². The second kappa shape index (κ2) is 4.92. The van der Waals surface area contributed by atoms with Gasteiger partial charge in [-0.1, -0.05) is 12.1 Å². The van der Waals surface area contributed by atoms with E-state index < -0.39 is 0 Å². The predicted molar refractivity (Wildman–Crippen MR) is 98.4 cm³/mol. The number of pyridine rings is 1. The van der Waals surface area contributed by atoms with E-state index >= 15 is 0 Å². The van der Waals surface area contributed by atoms with Crippen LogP contribution in [0.25, 0.3) is 22.0 Å². The summed E-state index contributed by atoms with van der Waals surface area (Å²) >= 11 is 0. The Labute approximate surface area is 150 Å². The van der Waals surface area contributed by atoms with Gasteiger partial charge in [-0.05, 0) is 35.3 Å². The first-order valence-electron chi connectivity index (χ1n) is 9.09. The second-order valence-electron chi connectivity index (χ2n) is 7.81. The van der Waals surface area contributed by atoms with Crippen molar-refractivity contribution in [2.45, 2.75) is 6.04 Å². The molecule has 2 atom stereocenters. The first-order chi connectivity index (χ1) is 12.7. The summed E-state index contributed by atoms with van der Waals surface area (Å²) in [6.07, 6.45) is 5.46. The zero-order valence-corrected chi connectivity index (χ0v) is 14.5. The van der Waals surface area contributed by atoms with Crippen LogP contribution in [-0.2, 0) is 11.8 Å². The first-order valence-corrected chi connectivity index (χ1v) is 9.09. The lowest BCUT2D eigenvalue weighted by atomic mass is 10.1. The quantitative estimate of drug-likeness (QED) is 0.787. The molecule has 0 radical (unpaired) electrons. The average molecular weight is 345 g/mol. The Morgan fingerprint density at radius 3 is 2.85 bits per heavy atom. The zero-order chi connectivity index (χ0) is 17.4. The van der Waals surface area contributed by atoms with Crippen molar-refractivity contribution in [1.82, 2.24) is 19.4 Å². The summed E-state index contributed by atoms with van der Waals surface area (Å²) in [7, 11) is 1.98. The van der Waals surface area contributed by atoms with Crippen molar-refractivity contribution in [3.8, 4) is 11.3 Å². The molecular formula is C20H19N5O. The van der Waals surface area contributed by atoms with Gasteiger partial charge in [0.15, 0.2) is 0 Å². The van der Waals surface area contributed by atoms with Gasteiger partial charge >= 0.3 is 0 Å². The fraction of sp³-hybridized carbons (Fsp3) is 0.350. The van der Waals surface area contributed by atoms with Gasteiger partial charge in [0.2, 0.25) is 5.91 Å². The molecule has 1 N–H and O–H groups in total. The van der Waals surface area contributed by atoms with Gasteiger partial charge in [0.05, 0.1) is 24.8 Å². The molecule has 1 aromatic carbocycles. The van der Waals surface area contributed by atoms with Crippen LogP contribution < -0.4 is 5.32 Å². The average Bonchev–Trinajstić information content (AvgIpc) is 3.35. The van der Waals surface area contributed by atoms with Crippen LogP contribution in [0.2, 0.25) is 0 Å². The maximum absolute atomic E-state index is 12.4. The van der Waals surface area contributed by atoms with Crippen molar-refractivity contribution in [2.24, 2.45) is 24.8 Å². The summed E-state index contributed by atoms with van der Waals surface area (Å²) < 4.78 is 1.99. The number of nitrogens with one attached hydrogen (secondary N) is 1. The lowest BCUT2D eigenvalue weighted by Gasteiger charge is -2.14. The highest BCUT2D eigenvalue weighted by molar-refractivity contribution is 5.94. The minimum atomic E-state index is 0.0339. The number of rotatable bonds is 4. The summed E-state index contributed by atoms with van der Waals surface area (Å²) in [5.74, 6) is 3.39. The highest BCUT2D eigenvalue weighted by Crippen LogP contribution is 2.75. The molecule has 1 amide bonds. The molecule has 2 bridgehead atoms. The van der Waals surface area contributed by atoms with E-state index in [2.05, 4.69) is 38.4 Å². The van der Waals surface area contributed by atoms with Crippen LogP contribution in [0.15, 0.2) is 43.0 Å². The zero-order valence-electron chi connectivity index (χ0n) is 14.5. The number of nitrogens with zero attached hydrogens (tertiary/aromatic N) is 4. The largest absolute Gasteiger partial charge is 0.334 e. The van der Waals surface area contributed by atoms with Crippen LogP contribution in [-0.4, -0.2) is 44.5 Å². The van der Waals surface area contributed by atoms with Crippen LogP contribution >= 0.6 is 0 Å². The van der Waals surface area contributed by atoms with Crippen LogP contribution in [0.3, 0.4) is 0 Å². The summed E-state index contributed by atoms with van der Waals surface area (Å²) in [4.78, 5) is 23.3. The van der Waals surface area contributed by atoms with Crippen LogP contribution in [0.1, 0.15) is 0 Å². The molecule has 2 aromatic heterocycles. The van der Waals surface area contributed by atoms with E-state index in [1.807, 2.05) is 30.1 Å². The number of imidazole rings is 1. The molecule has 6 nitrogen and oxygen atoms in total. The summed E-state index contributed by atoms with van der Waals surface area (Å²) in [6.45, 7) is 1.59. The van der Waals surface area contributed by atoms with Gasteiger partial charge in [0.25, 0.3) is 0 Å². The minimum absolute atomic E-state index is 0.0339. The number of carbonyl (C=O) groups excluding carboxylic acids is 1. The van der Waals surface area contributed by atoms with Gasteiger partial charge in [-0.15, -0.1) is 0 Å². The molecule has 2 saturated carbocycles. The molecule has 2 saturated heterocycles. The number of hydrogen-bond donors (Lipinski definition) is 1. The van der Waals surface area contributed by atoms with Crippen LogP contribution in [0, 0.1) is 17.8 Å². The normalized spacial score (nSPS) is 28.2. The number of fused-ring (bicyclic) bond motifs is 2. The lowest BCUT2D eigenvalue weighted by molar-refractivity contribution is -0.117. The van der Waals surface area contributed by atoms with Gasteiger partial charge in [-0.25, -0.2) is 9.97 Å². The predicted octanol–water partition coefficient (Wildman–Crippen LogP) is 2.13. The molecule has 26 heavy (non-hydrogen) atoms. The molecule has 4 heterocycles. The van der Waals surface area contributed by atoms with Gasteiger partial charge in [0.1, 0.15) is 5.82 Å². The van der Waals surface area contributed by atoms with Crippen molar-refractivity contribution in [3.05, 3.63) is 43.0 Å². The third kappa shape index (κ3) is 2.05. The number of aryl methyl sites for hydroxylation is 1. The minimum Gasteiger partial charge on any atom is -0.334 e. The Kier molecular flexibility index (Phi) is 2.73. The molecule has 130 valence electrons. The topological polar surface area (TPSA) is 63.1 Å². The SMILES string of the molecule is Cn1cncc1-c1ccc2cnc(NC(=O)CN3CC4C5C4C53)cc2c1. The van der Waals surface area contributed by atoms with Crippen molar-refractivity contribution in [1.29, 1.82) is 0 Å². The Bertz CT molecular complexity index is 1040.